The molecular formula is C9H7F3N6O. The number of carbonyl (C=O) groups excluding carboxylic acids is 1. The summed E-state index contributed by atoms with van der Waals surface area (Å²) >= 11 is 0. The molecule has 7 nitrogen and oxygen atoms in total. The fraction of sp³-hybridized carbons (Fsp3) is 0.111. The van der Waals surface area contributed by atoms with Crippen LogP contribution in [-0.4, -0.2) is 25.7 Å². The van der Waals surface area contributed by atoms with Gasteiger partial charge in [0.1, 0.15) is 5.82 Å². The third kappa shape index (κ3) is 2.61. The Morgan fingerprint density at radius 3 is 2.53 bits per heavy atom. The van der Waals surface area contributed by atoms with Gasteiger partial charge < -0.3 is 11.5 Å². The van der Waals surface area contributed by atoms with Crippen molar-refractivity contribution in [3.05, 3.63) is 29.8 Å². The van der Waals surface area contributed by atoms with Gasteiger partial charge in [-0.05, 0) is 0 Å². The number of carbonyl (C=O) groups is 1. The SMILES string of the molecule is NC(=O)c1cnn(-c2cc(N)nc(C(F)(F)F)n2)c1. The molecule has 1 amide bonds. The van der Waals surface area contributed by atoms with E-state index in [1.54, 1.807) is 0 Å². The van der Waals surface area contributed by atoms with E-state index in [1.165, 1.54) is 0 Å². The van der Waals surface area contributed by atoms with Crippen molar-refractivity contribution >= 4 is 11.7 Å². The van der Waals surface area contributed by atoms with Crippen molar-refractivity contribution < 1.29 is 18.0 Å². The van der Waals surface area contributed by atoms with Crippen LogP contribution in [0.15, 0.2) is 18.5 Å². The zero-order chi connectivity index (χ0) is 14.2. The fourth-order valence-corrected chi connectivity index (χ4v) is 1.27. The topological polar surface area (TPSA) is 113 Å². The van der Waals surface area contributed by atoms with E-state index in [4.69, 9.17) is 11.5 Å². The first-order valence-electron chi connectivity index (χ1n) is 4.84. The fourth-order valence-electron chi connectivity index (χ4n) is 1.27. The van der Waals surface area contributed by atoms with Gasteiger partial charge in [-0.25, -0.2) is 14.6 Å². The van der Waals surface area contributed by atoms with Gasteiger partial charge in [-0.1, -0.05) is 0 Å². The second kappa shape index (κ2) is 4.23. The van der Waals surface area contributed by atoms with Gasteiger partial charge in [-0.2, -0.15) is 18.3 Å². The molecule has 0 aromatic carbocycles. The summed E-state index contributed by atoms with van der Waals surface area (Å²) < 4.78 is 38.5. The van der Waals surface area contributed by atoms with Crippen LogP contribution < -0.4 is 11.5 Å². The third-order valence-corrected chi connectivity index (χ3v) is 2.09. The van der Waals surface area contributed by atoms with Gasteiger partial charge in [-0.3, -0.25) is 4.79 Å². The summed E-state index contributed by atoms with van der Waals surface area (Å²) in [6, 6.07) is 1.09. The van der Waals surface area contributed by atoms with Crippen LogP contribution in [0.2, 0.25) is 0 Å². The predicted octanol–water partition coefficient (Wildman–Crippen LogP) is 0.362. The minimum absolute atomic E-state index is 0.0331. The van der Waals surface area contributed by atoms with Crippen LogP contribution in [-0.2, 0) is 6.18 Å². The standard InChI is InChI=1S/C9H7F3N6O/c10-9(11,12)8-16-5(13)1-6(17-8)18-3-4(2-15-18)7(14)19/h1-3H,(H2,14,19)(H2,13,16,17). The summed E-state index contributed by atoms with van der Waals surface area (Å²) in [5.74, 6) is -2.73. The number of alkyl halides is 3. The molecule has 0 aliphatic heterocycles. The molecule has 100 valence electrons. The molecule has 0 saturated heterocycles. The van der Waals surface area contributed by atoms with Gasteiger partial charge in [0.2, 0.25) is 5.82 Å². The summed E-state index contributed by atoms with van der Waals surface area (Å²) in [5, 5.41) is 3.67. The molecule has 19 heavy (non-hydrogen) atoms. The van der Waals surface area contributed by atoms with E-state index in [2.05, 4.69) is 15.1 Å². The minimum atomic E-state index is -4.73. The van der Waals surface area contributed by atoms with Gasteiger partial charge in [0, 0.05) is 12.3 Å². The normalized spacial score (nSPS) is 11.5. The summed E-state index contributed by atoms with van der Waals surface area (Å²) in [4.78, 5) is 17.2. The smallest absolute Gasteiger partial charge is 0.384 e. The van der Waals surface area contributed by atoms with E-state index in [0.717, 1.165) is 23.1 Å². The number of anilines is 1. The van der Waals surface area contributed by atoms with Crippen molar-refractivity contribution in [2.45, 2.75) is 6.18 Å². The number of nitrogen functional groups attached to an aromatic ring is 1. The molecule has 0 fully saturated rings. The van der Waals surface area contributed by atoms with Crippen molar-refractivity contribution in [1.82, 2.24) is 19.7 Å². The lowest BCUT2D eigenvalue weighted by Crippen LogP contribution is -2.15. The quantitative estimate of drug-likeness (QED) is 0.819. The molecule has 2 aromatic rings. The molecule has 2 aromatic heterocycles. The lowest BCUT2D eigenvalue weighted by molar-refractivity contribution is -0.144. The molecule has 0 atom stereocenters. The Hall–Kier alpha value is -2.65. The molecule has 0 bridgehead atoms. The second-order valence-corrected chi connectivity index (χ2v) is 3.51. The number of halogens is 3. The Morgan fingerprint density at radius 1 is 1.32 bits per heavy atom. The van der Waals surface area contributed by atoms with Gasteiger partial charge in [-0.15, -0.1) is 0 Å². The Bertz CT molecular complexity index is 635. The Balaban J connectivity index is 2.50. The lowest BCUT2D eigenvalue weighted by atomic mass is 10.3. The number of primary amides is 1. The van der Waals surface area contributed by atoms with Crippen LogP contribution >= 0.6 is 0 Å². The largest absolute Gasteiger partial charge is 0.451 e. The highest BCUT2D eigenvalue weighted by molar-refractivity contribution is 5.92. The molecule has 2 rings (SSSR count). The highest BCUT2D eigenvalue weighted by atomic mass is 19.4. The molecule has 4 N–H and O–H groups in total. The van der Waals surface area contributed by atoms with Crippen molar-refractivity contribution in [3.63, 3.8) is 0 Å². The molecule has 0 aliphatic rings. The van der Waals surface area contributed by atoms with Crippen LogP contribution in [0.25, 0.3) is 5.82 Å². The van der Waals surface area contributed by atoms with E-state index in [1.807, 2.05) is 0 Å². The van der Waals surface area contributed by atoms with Crippen LogP contribution in [0.3, 0.4) is 0 Å². The molecule has 0 unspecified atom stereocenters. The molecule has 0 radical (unpaired) electrons. The first-order chi connectivity index (χ1) is 8.77. The van der Waals surface area contributed by atoms with E-state index in [9.17, 15) is 18.0 Å². The predicted molar refractivity (Wildman–Crippen MR) is 57.1 cm³/mol. The zero-order valence-electron chi connectivity index (χ0n) is 9.22. The number of nitrogens with two attached hydrogens (primary N) is 2. The maximum atomic E-state index is 12.5. The number of nitrogens with zero attached hydrogens (tertiary/aromatic N) is 4. The van der Waals surface area contributed by atoms with Gasteiger partial charge in [0.15, 0.2) is 5.82 Å². The average Bonchev–Trinajstić information content (AvgIpc) is 2.76. The van der Waals surface area contributed by atoms with Crippen LogP contribution in [0.5, 0.6) is 0 Å². The van der Waals surface area contributed by atoms with Gasteiger partial charge in [0.25, 0.3) is 5.91 Å². The first kappa shape index (κ1) is 12.8. The number of hydrogen-bond donors (Lipinski definition) is 2. The minimum Gasteiger partial charge on any atom is -0.384 e. The number of amides is 1. The number of aromatic nitrogens is 4. The van der Waals surface area contributed by atoms with Crippen molar-refractivity contribution in [2.24, 2.45) is 5.73 Å². The highest BCUT2D eigenvalue weighted by Crippen LogP contribution is 2.27. The van der Waals surface area contributed by atoms with E-state index in [-0.39, 0.29) is 17.2 Å². The summed E-state index contributed by atoms with van der Waals surface area (Å²) in [6.45, 7) is 0. The number of hydrogen-bond acceptors (Lipinski definition) is 5. The van der Waals surface area contributed by atoms with Crippen LogP contribution in [0.1, 0.15) is 16.2 Å². The second-order valence-electron chi connectivity index (χ2n) is 3.51. The molecular weight excluding hydrogens is 265 g/mol. The Labute approximate surface area is 104 Å². The van der Waals surface area contributed by atoms with Crippen molar-refractivity contribution in [2.75, 3.05) is 5.73 Å². The van der Waals surface area contributed by atoms with Crippen LogP contribution in [0.4, 0.5) is 19.0 Å². The maximum absolute atomic E-state index is 12.5. The summed E-state index contributed by atoms with van der Waals surface area (Å²) in [6.07, 6.45) is -2.48. The van der Waals surface area contributed by atoms with E-state index < -0.39 is 17.9 Å². The van der Waals surface area contributed by atoms with Crippen molar-refractivity contribution in [3.8, 4) is 5.82 Å². The lowest BCUT2D eigenvalue weighted by Gasteiger charge is -2.07. The van der Waals surface area contributed by atoms with Gasteiger partial charge >= 0.3 is 6.18 Å². The van der Waals surface area contributed by atoms with E-state index in [0.29, 0.717) is 0 Å². The van der Waals surface area contributed by atoms with Crippen molar-refractivity contribution in [1.29, 1.82) is 0 Å². The number of rotatable bonds is 2. The highest BCUT2D eigenvalue weighted by Gasteiger charge is 2.35. The summed E-state index contributed by atoms with van der Waals surface area (Å²) in [7, 11) is 0. The average molecular weight is 272 g/mol. The summed E-state index contributed by atoms with van der Waals surface area (Å²) in [5.41, 5.74) is 10.3. The Morgan fingerprint density at radius 2 is 2.00 bits per heavy atom. The molecule has 10 heteroatoms. The molecule has 0 spiro atoms. The van der Waals surface area contributed by atoms with Gasteiger partial charge in [0.05, 0.1) is 11.8 Å². The monoisotopic (exact) mass is 272 g/mol. The van der Waals surface area contributed by atoms with E-state index >= 15 is 0 Å². The van der Waals surface area contributed by atoms with Crippen LogP contribution in [0, 0.1) is 0 Å². The first-order valence-corrected chi connectivity index (χ1v) is 4.84. The third-order valence-electron chi connectivity index (χ3n) is 2.09. The Kier molecular flexibility index (Phi) is 2.85. The molecule has 0 aliphatic carbocycles. The molecule has 0 saturated carbocycles. The zero-order valence-corrected chi connectivity index (χ0v) is 9.22. The maximum Gasteiger partial charge on any atom is 0.451 e. The molecule has 2 heterocycles.